The van der Waals surface area contributed by atoms with E-state index in [4.69, 9.17) is 9.47 Å². The number of hydrogen-bond acceptors (Lipinski definition) is 10. The molecule has 0 spiro atoms. The Hall–Kier alpha value is -2.96. The molecule has 0 radical (unpaired) electrons. The summed E-state index contributed by atoms with van der Waals surface area (Å²) in [5, 5.41) is 21.8. The van der Waals surface area contributed by atoms with Crippen LogP contribution in [0.4, 0.5) is 27.2 Å². The monoisotopic (exact) mass is 506 g/mol. The number of azo groups is 1. The number of nitrogens with one attached hydrogen (secondary N) is 1. The van der Waals surface area contributed by atoms with E-state index in [0.29, 0.717) is 37.7 Å². The second-order valence-electron chi connectivity index (χ2n) is 7.74. The van der Waals surface area contributed by atoms with Gasteiger partial charge in [-0.15, -0.1) is 10.2 Å². The van der Waals surface area contributed by atoms with Gasteiger partial charge in [-0.3, -0.25) is 14.9 Å². The van der Waals surface area contributed by atoms with Crippen LogP contribution >= 0.6 is 11.3 Å². The fourth-order valence-corrected chi connectivity index (χ4v) is 3.55. The topological polar surface area (TPSA) is 132 Å². The van der Waals surface area contributed by atoms with Crippen molar-refractivity contribution in [2.45, 2.75) is 46.5 Å². The number of ether oxygens (including phenoxy) is 2. The minimum atomic E-state index is -0.527. The van der Waals surface area contributed by atoms with Gasteiger partial charge in [-0.25, -0.2) is 4.98 Å². The molecule has 11 nitrogen and oxygen atoms in total. The number of carbonyl (C=O) groups is 1. The Kier molecular flexibility index (Phi) is 12.8. The number of thiazole rings is 1. The smallest absolute Gasteiger partial charge is 0.345 e. The van der Waals surface area contributed by atoms with Crippen LogP contribution in [0.15, 0.2) is 34.6 Å². The number of hydrogen-bond donors (Lipinski definition) is 1. The van der Waals surface area contributed by atoms with E-state index in [2.05, 4.69) is 39.3 Å². The Balaban J connectivity index is 2.19. The minimum absolute atomic E-state index is 0.116. The van der Waals surface area contributed by atoms with Gasteiger partial charge in [0.2, 0.25) is 11.0 Å². The van der Waals surface area contributed by atoms with Crippen LogP contribution in [0.25, 0.3) is 0 Å². The summed E-state index contributed by atoms with van der Waals surface area (Å²) in [6.45, 7) is 9.62. The first-order chi connectivity index (χ1) is 16.9. The maximum Gasteiger partial charge on any atom is 0.345 e. The number of unbranched alkanes of at least 4 members (excludes halogenated alkanes) is 2. The lowest BCUT2D eigenvalue weighted by atomic mass is 10.2. The van der Waals surface area contributed by atoms with E-state index < -0.39 is 4.92 Å². The van der Waals surface area contributed by atoms with Crippen molar-refractivity contribution in [2.75, 3.05) is 49.7 Å². The van der Waals surface area contributed by atoms with E-state index in [1.165, 1.54) is 6.92 Å². The van der Waals surface area contributed by atoms with Crippen molar-refractivity contribution in [1.82, 2.24) is 4.98 Å². The highest BCUT2D eigenvalue weighted by Gasteiger charge is 2.13. The lowest BCUT2D eigenvalue weighted by Crippen LogP contribution is -2.31. The predicted molar refractivity (Wildman–Crippen MR) is 137 cm³/mol. The molecule has 2 rings (SSSR count). The number of carbonyl (C=O) groups excluding carboxylic acids is 1. The first-order valence-electron chi connectivity index (χ1n) is 11.8. The maximum absolute atomic E-state index is 11.8. The fraction of sp³-hybridized carbons (Fsp3) is 0.565. The van der Waals surface area contributed by atoms with Gasteiger partial charge in [0.1, 0.15) is 11.9 Å². The van der Waals surface area contributed by atoms with Gasteiger partial charge in [-0.05, 0) is 42.4 Å². The summed E-state index contributed by atoms with van der Waals surface area (Å²) in [6.07, 6.45) is 5.35. The molecule has 0 unspecified atom stereocenters. The van der Waals surface area contributed by atoms with Crippen LogP contribution in [0.3, 0.4) is 0 Å². The second-order valence-corrected chi connectivity index (χ2v) is 8.73. The number of rotatable bonds is 17. The molecule has 0 fully saturated rings. The summed E-state index contributed by atoms with van der Waals surface area (Å²) in [7, 11) is 0. The molecule has 2 aromatic rings. The predicted octanol–water partition coefficient (Wildman–Crippen LogP) is 5.86. The average molecular weight is 507 g/mol. The van der Waals surface area contributed by atoms with Crippen molar-refractivity contribution in [3.63, 3.8) is 0 Å². The molecule has 0 atom stereocenters. The Labute approximate surface area is 209 Å². The van der Waals surface area contributed by atoms with Gasteiger partial charge in [-0.1, -0.05) is 26.7 Å². The van der Waals surface area contributed by atoms with E-state index >= 15 is 0 Å². The molecule has 35 heavy (non-hydrogen) atoms. The fourth-order valence-electron chi connectivity index (χ4n) is 3.00. The molecule has 1 aromatic heterocycles. The van der Waals surface area contributed by atoms with Crippen LogP contribution in [0.2, 0.25) is 0 Å². The second kappa shape index (κ2) is 15.8. The zero-order valence-electron chi connectivity index (χ0n) is 20.6. The number of amides is 1. The summed E-state index contributed by atoms with van der Waals surface area (Å²) < 4.78 is 11.5. The van der Waals surface area contributed by atoms with E-state index in [0.717, 1.165) is 62.1 Å². The zero-order chi connectivity index (χ0) is 25.5. The Morgan fingerprint density at radius 1 is 1.11 bits per heavy atom. The highest BCUT2D eigenvalue weighted by molar-refractivity contribution is 7.18. The van der Waals surface area contributed by atoms with Crippen LogP contribution in [-0.4, -0.2) is 55.3 Å². The number of nitro groups is 1. The molecule has 192 valence electrons. The Morgan fingerprint density at radius 3 is 2.31 bits per heavy atom. The molecule has 0 aliphatic heterocycles. The highest BCUT2D eigenvalue weighted by atomic mass is 32.1. The van der Waals surface area contributed by atoms with E-state index in [9.17, 15) is 14.9 Å². The summed E-state index contributed by atoms with van der Waals surface area (Å²) in [5.41, 5.74) is 1.78. The van der Waals surface area contributed by atoms with Crippen LogP contribution in [0, 0.1) is 10.1 Å². The minimum Gasteiger partial charge on any atom is -0.380 e. The normalized spacial score (nSPS) is 11.2. The van der Waals surface area contributed by atoms with Crippen LogP contribution in [-0.2, 0) is 14.3 Å². The molecule has 1 heterocycles. The van der Waals surface area contributed by atoms with E-state index in [1.54, 1.807) is 6.07 Å². The molecular formula is C23H34N6O5S. The van der Waals surface area contributed by atoms with Gasteiger partial charge in [0.25, 0.3) is 0 Å². The van der Waals surface area contributed by atoms with Crippen molar-refractivity contribution in [3.05, 3.63) is 34.5 Å². The third-order valence-electron chi connectivity index (χ3n) is 4.86. The molecule has 0 saturated carbocycles. The molecule has 0 saturated heterocycles. The maximum atomic E-state index is 11.8. The zero-order valence-corrected chi connectivity index (χ0v) is 21.4. The lowest BCUT2D eigenvalue weighted by Gasteiger charge is -2.25. The standard InChI is InChI=1S/C23H34N6O5S/c1-4-6-12-33-14-10-28(11-15-34-13-7-5-2)19-8-9-20(21(16-19)25-18(3)30)26-27-23-24-17-22(35-23)29(31)32/h8-9,16-17H,4-7,10-15H2,1-3H3,(H,25,30). The van der Waals surface area contributed by atoms with Crippen molar-refractivity contribution < 1.29 is 19.2 Å². The number of aromatic nitrogens is 1. The number of nitrogens with zero attached hydrogens (tertiary/aromatic N) is 5. The molecule has 12 heteroatoms. The van der Waals surface area contributed by atoms with Gasteiger partial charge in [0, 0.05) is 38.9 Å². The largest absolute Gasteiger partial charge is 0.380 e. The molecule has 0 aliphatic rings. The number of benzene rings is 1. The van der Waals surface area contributed by atoms with Crippen LogP contribution < -0.4 is 10.2 Å². The molecular weight excluding hydrogens is 472 g/mol. The van der Waals surface area contributed by atoms with Crippen molar-refractivity contribution in [2.24, 2.45) is 10.2 Å². The summed E-state index contributed by atoms with van der Waals surface area (Å²) in [6, 6.07) is 5.47. The van der Waals surface area contributed by atoms with E-state index in [-0.39, 0.29) is 16.0 Å². The van der Waals surface area contributed by atoms with Gasteiger partial charge in [0.05, 0.1) is 23.8 Å². The first-order valence-corrected chi connectivity index (χ1v) is 12.6. The molecule has 1 amide bonds. The average Bonchev–Trinajstić information content (AvgIpc) is 3.31. The van der Waals surface area contributed by atoms with Crippen molar-refractivity contribution >= 4 is 44.4 Å². The van der Waals surface area contributed by atoms with Gasteiger partial charge in [-0.2, -0.15) is 0 Å². The highest BCUT2D eigenvalue weighted by Crippen LogP contribution is 2.33. The molecule has 0 aliphatic carbocycles. The van der Waals surface area contributed by atoms with Crippen LogP contribution in [0.5, 0.6) is 0 Å². The van der Waals surface area contributed by atoms with Gasteiger partial charge >= 0.3 is 5.00 Å². The molecule has 1 aromatic carbocycles. The molecule has 1 N–H and O–H groups in total. The molecule has 0 bridgehead atoms. The van der Waals surface area contributed by atoms with E-state index in [1.807, 2.05) is 12.1 Å². The van der Waals surface area contributed by atoms with Crippen LogP contribution in [0.1, 0.15) is 46.5 Å². The quantitative estimate of drug-likeness (QED) is 0.123. The third-order valence-corrected chi connectivity index (χ3v) is 5.69. The summed E-state index contributed by atoms with van der Waals surface area (Å²) >= 11 is 0.823. The van der Waals surface area contributed by atoms with Gasteiger partial charge in [0.15, 0.2) is 0 Å². The third kappa shape index (κ3) is 10.5. The Morgan fingerprint density at radius 2 is 1.77 bits per heavy atom. The number of anilines is 2. The first kappa shape index (κ1) is 28.3. The summed E-state index contributed by atoms with van der Waals surface area (Å²) in [5.74, 6) is -0.249. The summed E-state index contributed by atoms with van der Waals surface area (Å²) in [4.78, 5) is 28.2. The van der Waals surface area contributed by atoms with Crippen molar-refractivity contribution in [3.8, 4) is 0 Å². The van der Waals surface area contributed by atoms with Crippen molar-refractivity contribution in [1.29, 1.82) is 0 Å². The van der Waals surface area contributed by atoms with Gasteiger partial charge < -0.3 is 19.7 Å². The SMILES string of the molecule is CCCCOCCN(CCOCCCC)c1ccc(N=Nc2ncc([N+](=O)[O-])s2)c(NC(C)=O)c1. The Bertz CT molecular complexity index is 954. The lowest BCUT2D eigenvalue weighted by molar-refractivity contribution is -0.380.